The second-order valence-electron chi connectivity index (χ2n) is 6.35. The third-order valence-corrected chi connectivity index (χ3v) is 4.58. The van der Waals surface area contributed by atoms with E-state index >= 15 is 0 Å². The van der Waals surface area contributed by atoms with Crippen LogP contribution >= 0.6 is 0 Å². The zero-order valence-corrected chi connectivity index (χ0v) is 13.5. The summed E-state index contributed by atoms with van der Waals surface area (Å²) in [5.41, 5.74) is 0.318. The molecule has 0 aromatic carbocycles. The third-order valence-electron chi connectivity index (χ3n) is 4.58. The Bertz CT molecular complexity index is 532. The molecular weight excluding hydrogens is 294 g/mol. The van der Waals surface area contributed by atoms with Crippen molar-refractivity contribution in [2.75, 3.05) is 39.3 Å². The van der Waals surface area contributed by atoms with Crippen LogP contribution in [-0.4, -0.2) is 71.2 Å². The summed E-state index contributed by atoms with van der Waals surface area (Å²) in [5, 5.41) is 9.86. The first-order chi connectivity index (χ1) is 11.2. The summed E-state index contributed by atoms with van der Waals surface area (Å²) in [4.78, 5) is 20.8. The van der Waals surface area contributed by atoms with E-state index in [-0.39, 0.29) is 17.8 Å². The second kappa shape index (κ2) is 7.75. The molecule has 0 aliphatic carbocycles. The number of pyridine rings is 1. The molecule has 1 unspecified atom stereocenters. The molecule has 1 aromatic heterocycles. The molecule has 1 atom stereocenters. The van der Waals surface area contributed by atoms with Crippen LogP contribution in [0, 0.1) is 0 Å². The molecule has 2 aliphatic rings. The normalized spacial score (nSPS) is 23.5. The molecular formula is C17H25N3O3. The number of likely N-dealkylation sites (tertiary alicyclic amines) is 1. The van der Waals surface area contributed by atoms with Crippen molar-refractivity contribution in [1.82, 2.24) is 14.8 Å². The lowest BCUT2D eigenvalue weighted by Gasteiger charge is -2.31. The second-order valence-corrected chi connectivity index (χ2v) is 6.35. The number of amides is 1. The topological polar surface area (TPSA) is 65.9 Å². The summed E-state index contributed by atoms with van der Waals surface area (Å²) in [6.45, 7) is 5.06. The average Bonchev–Trinajstić information content (AvgIpc) is 2.81. The number of rotatable bonds is 3. The fourth-order valence-electron chi connectivity index (χ4n) is 3.36. The van der Waals surface area contributed by atoms with E-state index in [0.717, 1.165) is 26.1 Å². The van der Waals surface area contributed by atoms with Crippen molar-refractivity contribution in [3.05, 3.63) is 24.0 Å². The van der Waals surface area contributed by atoms with Crippen molar-refractivity contribution >= 4 is 5.91 Å². The van der Waals surface area contributed by atoms with Crippen LogP contribution < -0.4 is 0 Å². The Kier molecular flexibility index (Phi) is 5.46. The zero-order chi connectivity index (χ0) is 16.1. The molecule has 1 N–H and O–H groups in total. The van der Waals surface area contributed by atoms with Gasteiger partial charge in [0.1, 0.15) is 5.75 Å². The number of carbonyl (C=O) groups is 1. The van der Waals surface area contributed by atoms with E-state index in [0.29, 0.717) is 25.3 Å². The van der Waals surface area contributed by atoms with Crippen LogP contribution in [0.25, 0.3) is 0 Å². The van der Waals surface area contributed by atoms with Crippen molar-refractivity contribution in [3.63, 3.8) is 0 Å². The highest BCUT2D eigenvalue weighted by atomic mass is 16.5. The zero-order valence-electron chi connectivity index (χ0n) is 13.5. The van der Waals surface area contributed by atoms with Gasteiger partial charge in [-0.1, -0.05) is 6.42 Å². The molecule has 2 fully saturated rings. The molecule has 3 heterocycles. The number of carbonyl (C=O) groups excluding carboxylic acids is 1. The molecule has 0 saturated carbocycles. The van der Waals surface area contributed by atoms with Gasteiger partial charge in [0.05, 0.1) is 17.9 Å². The molecule has 0 radical (unpaired) electrons. The van der Waals surface area contributed by atoms with Crippen molar-refractivity contribution in [1.29, 1.82) is 0 Å². The number of hydrogen-bond donors (Lipinski definition) is 1. The largest absolute Gasteiger partial charge is 0.505 e. The van der Waals surface area contributed by atoms with Crippen LogP contribution in [0.1, 0.15) is 36.0 Å². The van der Waals surface area contributed by atoms with Gasteiger partial charge in [-0.25, -0.2) is 0 Å². The van der Waals surface area contributed by atoms with Gasteiger partial charge in [-0.3, -0.25) is 9.78 Å². The van der Waals surface area contributed by atoms with Crippen LogP contribution in [0.4, 0.5) is 0 Å². The first kappa shape index (κ1) is 16.2. The van der Waals surface area contributed by atoms with E-state index in [1.54, 1.807) is 11.0 Å². The molecule has 3 rings (SSSR count). The van der Waals surface area contributed by atoms with Gasteiger partial charge in [-0.2, -0.15) is 0 Å². The van der Waals surface area contributed by atoms with Crippen LogP contribution in [-0.2, 0) is 4.74 Å². The summed E-state index contributed by atoms with van der Waals surface area (Å²) in [6.07, 6.45) is 7.53. The third kappa shape index (κ3) is 4.20. The van der Waals surface area contributed by atoms with E-state index in [4.69, 9.17) is 4.74 Å². The van der Waals surface area contributed by atoms with Crippen LogP contribution in [0.5, 0.6) is 5.75 Å². The predicted octanol–water partition coefficient (Wildman–Crippen LogP) is 1.50. The first-order valence-electron chi connectivity index (χ1n) is 8.50. The highest BCUT2D eigenvalue weighted by molar-refractivity contribution is 5.96. The number of hydrogen-bond acceptors (Lipinski definition) is 5. The minimum absolute atomic E-state index is 0.0449. The standard InChI is InChI=1S/C17H25N3O3/c21-16-11-18-6-5-15(16)17(22)20-9-4-10-23-14(13-20)12-19-7-2-1-3-8-19/h5-6,11,14,21H,1-4,7-10,12-13H2. The summed E-state index contributed by atoms with van der Waals surface area (Å²) in [7, 11) is 0. The van der Waals surface area contributed by atoms with Gasteiger partial charge in [0.2, 0.25) is 0 Å². The van der Waals surface area contributed by atoms with Gasteiger partial charge in [-0.05, 0) is 38.4 Å². The van der Waals surface area contributed by atoms with Gasteiger partial charge in [0.25, 0.3) is 5.91 Å². The van der Waals surface area contributed by atoms with Crippen molar-refractivity contribution in [2.24, 2.45) is 0 Å². The molecule has 1 amide bonds. The fourth-order valence-corrected chi connectivity index (χ4v) is 3.36. The molecule has 0 spiro atoms. The Labute approximate surface area is 137 Å². The molecule has 2 saturated heterocycles. The van der Waals surface area contributed by atoms with Gasteiger partial charge >= 0.3 is 0 Å². The summed E-state index contributed by atoms with van der Waals surface area (Å²) >= 11 is 0. The van der Waals surface area contributed by atoms with Crippen LogP contribution in [0.3, 0.4) is 0 Å². The molecule has 126 valence electrons. The minimum atomic E-state index is -0.140. The lowest BCUT2D eigenvalue weighted by Crippen LogP contribution is -2.43. The van der Waals surface area contributed by atoms with Gasteiger partial charge in [0.15, 0.2) is 0 Å². The predicted molar refractivity (Wildman–Crippen MR) is 86.5 cm³/mol. The lowest BCUT2D eigenvalue weighted by atomic mass is 10.1. The maximum Gasteiger partial charge on any atom is 0.257 e. The van der Waals surface area contributed by atoms with Crippen molar-refractivity contribution in [2.45, 2.75) is 31.8 Å². The molecule has 1 aromatic rings. The van der Waals surface area contributed by atoms with Gasteiger partial charge < -0.3 is 19.6 Å². The molecule has 2 aliphatic heterocycles. The molecule has 6 nitrogen and oxygen atoms in total. The molecule has 0 bridgehead atoms. The Morgan fingerprint density at radius 1 is 1.26 bits per heavy atom. The van der Waals surface area contributed by atoms with Crippen molar-refractivity contribution < 1.29 is 14.6 Å². The molecule has 6 heteroatoms. The van der Waals surface area contributed by atoms with E-state index in [2.05, 4.69) is 9.88 Å². The average molecular weight is 319 g/mol. The minimum Gasteiger partial charge on any atom is -0.505 e. The summed E-state index contributed by atoms with van der Waals surface area (Å²) in [5.74, 6) is -0.200. The number of piperidine rings is 1. The van der Waals surface area contributed by atoms with Gasteiger partial charge in [0, 0.05) is 32.4 Å². The summed E-state index contributed by atoms with van der Waals surface area (Å²) < 4.78 is 5.94. The van der Waals surface area contributed by atoms with E-state index in [1.807, 2.05) is 0 Å². The number of nitrogens with zero attached hydrogens (tertiary/aromatic N) is 3. The maximum absolute atomic E-state index is 12.7. The SMILES string of the molecule is O=C(c1ccncc1O)N1CCCOC(CN2CCCCC2)C1. The Morgan fingerprint density at radius 2 is 2.09 bits per heavy atom. The van der Waals surface area contributed by atoms with E-state index in [1.165, 1.54) is 31.7 Å². The lowest BCUT2D eigenvalue weighted by molar-refractivity contribution is 0.0216. The van der Waals surface area contributed by atoms with Crippen molar-refractivity contribution in [3.8, 4) is 5.75 Å². The first-order valence-corrected chi connectivity index (χ1v) is 8.50. The monoisotopic (exact) mass is 319 g/mol. The number of aromatic hydroxyl groups is 1. The van der Waals surface area contributed by atoms with E-state index < -0.39 is 0 Å². The maximum atomic E-state index is 12.7. The van der Waals surface area contributed by atoms with Gasteiger partial charge in [-0.15, -0.1) is 0 Å². The number of aromatic nitrogens is 1. The van der Waals surface area contributed by atoms with E-state index in [9.17, 15) is 9.90 Å². The highest BCUT2D eigenvalue weighted by Crippen LogP contribution is 2.19. The fraction of sp³-hybridized carbons (Fsp3) is 0.647. The van der Waals surface area contributed by atoms with Crippen LogP contribution in [0.2, 0.25) is 0 Å². The summed E-state index contributed by atoms with van der Waals surface area (Å²) in [6, 6.07) is 1.57. The quantitative estimate of drug-likeness (QED) is 0.915. The Morgan fingerprint density at radius 3 is 2.87 bits per heavy atom. The highest BCUT2D eigenvalue weighted by Gasteiger charge is 2.26. The Hall–Kier alpha value is -1.66. The molecule has 23 heavy (non-hydrogen) atoms. The smallest absolute Gasteiger partial charge is 0.257 e. The number of ether oxygens (including phenoxy) is 1. The Balaban J connectivity index is 1.64. The van der Waals surface area contributed by atoms with Crippen LogP contribution in [0.15, 0.2) is 18.5 Å².